The van der Waals surface area contributed by atoms with Crippen molar-refractivity contribution in [1.29, 1.82) is 0 Å². The summed E-state index contributed by atoms with van der Waals surface area (Å²) in [6.45, 7) is 7.03. The first kappa shape index (κ1) is 16.3. The van der Waals surface area contributed by atoms with Crippen LogP contribution in [-0.4, -0.2) is 57.2 Å². The average Bonchev–Trinajstić information content (AvgIpc) is 2.96. The molecule has 2 heterocycles. The Kier molecular flexibility index (Phi) is 5.18. The van der Waals surface area contributed by atoms with Gasteiger partial charge in [0.05, 0.1) is 19.3 Å². The Morgan fingerprint density at radius 2 is 2.09 bits per heavy atom. The van der Waals surface area contributed by atoms with Gasteiger partial charge in [-0.3, -0.25) is 9.69 Å². The molecule has 1 fully saturated rings. The van der Waals surface area contributed by atoms with Crippen LogP contribution in [0.15, 0.2) is 18.2 Å². The quantitative estimate of drug-likeness (QED) is 0.895. The Morgan fingerprint density at radius 1 is 1.30 bits per heavy atom. The molecule has 1 amide bonds. The molecule has 5 heteroatoms. The van der Waals surface area contributed by atoms with Crippen LogP contribution in [0.3, 0.4) is 0 Å². The lowest BCUT2D eigenvalue weighted by atomic mass is 10.0. The first-order valence-corrected chi connectivity index (χ1v) is 8.61. The molecule has 2 aliphatic heterocycles. The summed E-state index contributed by atoms with van der Waals surface area (Å²) in [5.41, 5.74) is 4.06. The minimum atomic E-state index is 0.115. The summed E-state index contributed by atoms with van der Waals surface area (Å²) in [6, 6.07) is 7.01. The van der Waals surface area contributed by atoms with E-state index in [2.05, 4.69) is 40.4 Å². The minimum absolute atomic E-state index is 0.115. The summed E-state index contributed by atoms with van der Waals surface area (Å²) in [4.78, 5) is 16.4. The van der Waals surface area contributed by atoms with Crippen LogP contribution in [0.5, 0.6) is 0 Å². The van der Waals surface area contributed by atoms with E-state index in [1.807, 2.05) is 6.92 Å². The van der Waals surface area contributed by atoms with Gasteiger partial charge in [-0.15, -0.1) is 0 Å². The van der Waals surface area contributed by atoms with E-state index in [1.165, 1.54) is 16.8 Å². The van der Waals surface area contributed by atoms with Crippen LogP contribution >= 0.6 is 0 Å². The highest BCUT2D eigenvalue weighted by atomic mass is 16.5. The van der Waals surface area contributed by atoms with E-state index >= 15 is 0 Å². The highest BCUT2D eigenvalue weighted by Crippen LogP contribution is 2.31. The van der Waals surface area contributed by atoms with Crippen molar-refractivity contribution < 1.29 is 9.53 Å². The number of fused-ring (bicyclic) bond motifs is 1. The third-order valence-electron chi connectivity index (χ3n) is 4.92. The molecule has 0 saturated carbocycles. The molecule has 1 saturated heterocycles. The van der Waals surface area contributed by atoms with Gasteiger partial charge in [0.1, 0.15) is 0 Å². The maximum Gasteiger partial charge on any atom is 0.219 e. The van der Waals surface area contributed by atoms with Crippen LogP contribution in [0, 0.1) is 0 Å². The molecule has 1 aromatic carbocycles. The number of anilines is 1. The highest BCUT2D eigenvalue weighted by Gasteiger charge is 2.25. The lowest BCUT2D eigenvalue weighted by Crippen LogP contribution is -2.43. The number of hydrogen-bond donors (Lipinski definition) is 1. The van der Waals surface area contributed by atoms with E-state index in [0.717, 1.165) is 39.3 Å². The predicted octanol–water partition coefficient (Wildman–Crippen LogP) is 1.58. The Morgan fingerprint density at radius 3 is 2.83 bits per heavy atom. The number of carbonyl (C=O) groups is 1. The Hall–Kier alpha value is -1.59. The van der Waals surface area contributed by atoms with Crippen molar-refractivity contribution in [3.05, 3.63) is 29.3 Å². The fraction of sp³-hybridized carbons (Fsp3) is 0.611. The van der Waals surface area contributed by atoms with E-state index in [9.17, 15) is 4.79 Å². The Balaban J connectivity index is 1.80. The van der Waals surface area contributed by atoms with E-state index in [0.29, 0.717) is 13.0 Å². The molecule has 1 N–H and O–H groups in total. The second-order valence-electron chi connectivity index (χ2n) is 6.38. The molecule has 1 atom stereocenters. The zero-order chi connectivity index (χ0) is 16.2. The molecule has 5 nitrogen and oxygen atoms in total. The molecule has 1 unspecified atom stereocenters. The molecule has 0 bridgehead atoms. The number of amides is 1. The monoisotopic (exact) mass is 317 g/mol. The lowest BCUT2D eigenvalue weighted by molar-refractivity contribution is -0.121. The maximum absolute atomic E-state index is 11.7. The Labute approximate surface area is 138 Å². The zero-order valence-corrected chi connectivity index (χ0v) is 14.2. The van der Waals surface area contributed by atoms with Gasteiger partial charge >= 0.3 is 0 Å². The van der Waals surface area contributed by atoms with E-state index < -0.39 is 0 Å². The molecule has 2 aliphatic rings. The fourth-order valence-electron chi connectivity index (χ4n) is 3.48. The van der Waals surface area contributed by atoms with Gasteiger partial charge in [0, 0.05) is 45.3 Å². The van der Waals surface area contributed by atoms with Gasteiger partial charge in [-0.1, -0.05) is 19.1 Å². The largest absolute Gasteiger partial charge is 0.379 e. The Bertz CT molecular complexity index is 555. The van der Waals surface area contributed by atoms with Crippen LogP contribution in [0.4, 0.5) is 5.69 Å². The molecule has 0 radical (unpaired) electrons. The van der Waals surface area contributed by atoms with E-state index in [-0.39, 0.29) is 11.9 Å². The number of benzene rings is 1. The summed E-state index contributed by atoms with van der Waals surface area (Å²) in [5, 5.41) is 3.07. The van der Waals surface area contributed by atoms with Crippen LogP contribution < -0.4 is 10.2 Å². The fourth-order valence-corrected chi connectivity index (χ4v) is 3.48. The van der Waals surface area contributed by atoms with Crippen LogP contribution in [0.2, 0.25) is 0 Å². The summed E-state index contributed by atoms with van der Waals surface area (Å²) in [5.74, 6) is 0.115. The third kappa shape index (κ3) is 3.67. The smallest absolute Gasteiger partial charge is 0.219 e. The molecule has 0 aliphatic carbocycles. The predicted molar refractivity (Wildman–Crippen MR) is 91.8 cm³/mol. The summed E-state index contributed by atoms with van der Waals surface area (Å²) < 4.78 is 5.48. The number of ether oxygens (including phenoxy) is 1. The minimum Gasteiger partial charge on any atom is -0.379 e. The lowest BCUT2D eigenvalue weighted by Gasteiger charge is -2.35. The van der Waals surface area contributed by atoms with Crippen molar-refractivity contribution in [3.8, 4) is 0 Å². The standard InChI is InChI=1S/C18H27N3O2/c1-3-18(22)19-13-17(21-8-10-23-11-9-21)14-4-5-16-15(12-14)6-7-20(16)2/h4-5,12,17H,3,6-11,13H2,1-2H3,(H,19,22). The van der Waals surface area contributed by atoms with Crippen LogP contribution in [0.1, 0.15) is 30.5 Å². The molecule has 23 heavy (non-hydrogen) atoms. The summed E-state index contributed by atoms with van der Waals surface area (Å²) in [7, 11) is 2.15. The SMILES string of the molecule is CCC(=O)NCC(c1ccc2c(c1)CCN2C)N1CCOCC1. The van der Waals surface area contributed by atoms with Crippen LogP contribution in [-0.2, 0) is 16.0 Å². The van der Waals surface area contributed by atoms with E-state index in [4.69, 9.17) is 4.74 Å². The molecule has 0 spiro atoms. The molecule has 0 aromatic heterocycles. The van der Waals surface area contributed by atoms with Gasteiger partial charge in [-0.25, -0.2) is 0 Å². The van der Waals surface area contributed by atoms with Gasteiger partial charge in [0.25, 0.3) is 0 Å². The average molecular weight is 317 g/mol. The molecule has 126 valence electrons. The molecule has 3 rings (SSSR count). The van der Waals surface area contributed by atoms with Crippen molar-refractivity contribution >= 4 is 11.6 Å². The number of hydrogen-bond acceptors (Lipinski definition) is 4. The first-order valence-electron chi connectivity index (χ1n) is 8.61. The zero-order valence-electron chi connectivity index (χ0n) is 14.2. The highest BCUT2D eigenvalue weighted by molar-refractivity contribution is 5.75. The van der Waals surface area contributed by atoms with Crippen molar-refractivity contribution in [3.63, 3.8) is 0 Å². The normalized spacial score (nSPS) is 19.5. The third-order valence-corrected chi connectivity index (χ3v) is 4.92. The van der Waals surface area contributed by atoms with E-state index in [1.54, 1.807) is 0 Å². The molecular weight excluding hydrogens is 290 g/mol. The van der Waals surface area contributed by atoms with Crippen molar-refractivity contribution in [2.75, 3.05) is 51.3 Å². The van der Waals surface area contributed by atoms with Crippen molar-refractivity contribution in [2.24, 2.45) is 0 Å². The van der Waals surface area contributed by atoms with Crippen LogP contribution in [0.25, 0.3) is 0 Å². The number of morpholine rings is 1. The number of likely N-dealkylation sites (N-methyl/N-ethyl adjacent to an activating group) is 1. The number of rotatable bonds is 5. The molecular formula is C18H27N3O2. The van der Waals surface area contributed by atoms with Gasteiger partial charge < -0.3 is 15.0 Å². The van der Waals surface area contributed by atoms with Crippen molar-refractivity contribution in [1.82, 2.24) is 10.2 Å². The first-order chi connectivity index (χ1) is 11.2. The maximum atomic E-state index is 11.7. The second-order valence-corrected chi connectivity index (χ2v) is 6.38. The van der Waals surface area contributed by atoms with Gasteiger partial charge in [0.2, 0.25) is 5.91 Å². The summed E-state index contributed by atoms with van der Waals surface area (Å²) >= 11 is 0. The second kappa shape index (κ2) is 7.32. The van der Waals surface area contributed by atoms with Gasteiger partial charge in [0.15, 0.2) is 0 Å². The van der Waals surface area contributed by atoms with Gasteiger partial charge in [-0.2, -0.15) is 0 Å². The summed E-state index contributed by atoms with van der Waals surface area (Å²) in [6.07, 6.45) is 1.64. The van der Waals surface area contributed by atoms with Gasteiger partial charge in [-0.05, 0) is 23.6 Å². The number of nitrogens with one attached hydrogen (secondary N) is 1. The van der Waals surface area contributed by atoms with Crippen molar-refractivity contribution in [2.45, 2.75) is 25.8 Å². The number of nitrogens with zero attached hydrogens (tertiary/aromatic N) is 2. The molecule has 1 aromatic rings. The topological polar surface area (TPSA) is 44.8 Å². The number of carbonyl (C=O) groups excluding carboxylic acids is 1.